The number of hydrogen-bond acceptors (Lipinski definition) is 3. The summed E-state index contributed by atoms with van der Waals surface area (Å²) in [5, 5.41) is 7.29. The van der Waals surface area contributed by atoms with Crippen LogP contribution in [0.5, 0.6) is 0 Å². The van der Waals surface area contributed by atoms with Crippen LogP contribution < -0.4 is 10.6 Å². The van der Waals surface area contributed by atoms with E-state index in [-0.39, 0.29) is 18.4 Å². The fourth-order valence-electron chi connectivity index (χ4n) is 1.51. The number of nitrogens with one attached hydrogen (secondary N) is 2. The zero-order chi connectivity index (χ0) is 13.5. The fourth-order valence-corrected chi connectivity index (χ4v) is 2.16. The topological polar surface area (TPSA) is 58.2 Å². The van der Waals surface area contributed by atoms with Crippen LogP contribution in [0.15, 0.2) is 47.8 Å². The second-order valence-corrected chi connectivity index (χ2v) is 4.94. The third kappa shape index (κ3) is 4.22. The van der Waals surface area contributed by atoms with Crippen LogP contribution in [0.2, 0.25) is 0 Å². The lowest BCUT2D eigenvalue weighted by atomic mass is 10.2. The van der Waals surface area contributed by atoms with Crippen LogP contribution in [0.3, 0.4) is 0 Å². The summed E-state index contributed by atoms with van der Waals surface area (Å²) in [5.41, 5.74) is 0.550. The number of benzene rings is 1. The Balaban J connectivity index is 1.73. The maximum Gasteiger partial charge on any atom is 0.251 e. The Morgan fingerprint density at radius 2 is 1.79 bits per heavy atom. The zero-order valence-electron chi connectivity index (χ0n) is 10.3. The molecule has 0 unspecified atom stereocenters. The van der Waals surface area contributed by atoms with Gasteiger partial charge in [-0.3, -0.25) is 9.59 Å². The molecule has 2 aromatic rings. The Morgan fingerprint density at radius 1 is 1.00 bits per heavy atom. The Labute approximate surface area is 115 Å². The molecule has 2 N–H and O–H groups in total. The summed E-state index contributed by atoms with van der Waals surface area (Å²) in [6.45, 7) is 0.483. The summed E-state index contributed by atoms with van der Waals surface area (Å²) in [4.78, 5) is 24.3. The van der Waals surface area contributed by atoms with Crippen LogP contribution in [0.1, 0.15) is 15.2 Å². The van der Waals surface area contributed by atoms with Crippen molar-refractivity contribution in [1.29, 1.82) is 0 Å². The lowest BCUT2D eigenvalue weighted by Crippen LogP contribution is -2.36. The summed E-state index contributed by atoms with van der Waals surface area (Å²) < 4.78 is 0. The SMILES string of the molecule is O=C(CNC(=O)c1ccccc1)NCc1cccs1. The van der Waals surface area contributed by atoms with Gasteiger partial charge >= 0.3 is 0 Å². The van der Waals surface area contributed by atoms with Crippen LogP contribution in [-0.2, 0) is 11.3 Å². The average Bonchev–Trinajstić information content (AvgIpc) is 2.96. The summed E-state index contributed by atoms with van der Waals surface area (Å²) in [6, 6.07) is 12.7. The van der Waals surface area contributed by atoms with E-state index in [4.69, 9.17) is 0 Å². The first-order valence-electron chi connectivity index (χ1n) is 5.88. The van der Waals surface area contributed by atoms with Crippen molar-refractivity contribution >= 4 is 23.2 Å². The molecule has 1 heterocycles. The number of carbonyl (C=O) groups excluding carboxylic acids is 2. The van der Waals surface area contributed by atoms with Crippen molar-refractivity contribution in [2.45, 2.75) is 6.54 Å². The molecule has 0 aliphatic carbocycles. The third-order valence-corrected chi connectivity index (χ3v) is 3.36. The maximum atomic E-state index is 11.7. The molecule has 0 bridgehead atoms. The monoisotopic (exact) mass is 274 g/mol. The van der Waals surface area contributed by atoms with Gasteiger partial charge in [-0.25, -0.2) is 0 Å². The van der Waals surface area contributed by atoms with E-state index < -0.39 is 0 Å². The van der Waals surface area contributed by atoms with Gasteiger partial charge in [0.1, 0.15) is 0 Å². The van der Waals surface area contributed by atoms with Crippen LogP contribution in [0, 0.1) is 0 Å². The van der Waals surface area contributed by atoms with E-state index >= 15 is 0 Å². The van der Waals surface area contributed by atoms with Crippen molar-refractivity contribution < 1.29 is 9.59 Å². The summed E-state index contributed by atoms with van der Waals surface area (Å²) in [7, 11) is 0. The van der Waals surface area contributed by atoms with Crippen molar-refractivity contribution in [3.8, 4) is 0 Å². The molecule has 0 atom stereocenters. The van der Waals surface area contributed by atoms with Crippen molar-refractivity contribution in [2.24, 2.45) is 0 Å². The highest BCUT2D eigenvalue weighted by Crippen LogP contribution is 2.07. The van der Waals surface area contributed by atoms with Gasteiger partial charge in [0.15, 0.2) is 0 Å². The second-order valence-electron chi connectivity index (χ2n) is 3.90. The van der Waals surface area contributed by atoms with Crippen LogP contribution in [0.25, 0.3) is 0 Å². The van der Waals surface area contributed by atoms with Gasteiger partial charge in [0.25, 0.3) is 5.91 Å². The van der Waals surface area contributed by atoms with E-state index in [1.807, 2.05) is 23.6 Å². The molecule has 0 radical (unpaired) electrons. The highest BCUT2D eigenvalue weighted by molar-refractivity contribution is 7.09. The molecule has 0 saturated heterocycles. The van der Waals surface area contributed by atoms with E-state index in [1.165, 1.54) is 0 Å². The van der Waals surface area contributed by atoms with Crippen LogP contribution in [-0.4, -0.2) is 18.4 Å². The average molecular weight is 274 g/mol. The van der Waals surface area contributed by atoms with Crippen molar-refractivity contribution in [3.63, 3.8) is 0 Å². The molecule has 1 aromatic carbocycles. The third-order valence-electron chi connectivity index (χ3n) is 2.49. The first kappa shape index (κ1) is 13.3. The van der Waals surface area contributed by atoms with Gasteiger partial charge in [0.2, 0.25) is 5.91 Å². The van der Waals surface area contributed by atoms with E-state index in [1.54, 1.807) is 35.6 Å². The molecule has 0 spiro atoms. The van der Waals surface area contributed by atoms with Crippen LogP contribution in [0.4, 0.5) is 0 Å². The molecule has 2 rings (SSSR count). The summed E-state index contributed by atoms with van der Waals surface area (Å²) in [6.07, 6.45) is 0. The molecule has 98 valence electrons. The minimum atomic E-state index is -0.244. The molecule has 0 aliphatic heterocycles. The Kier molecular flexibility index (Phi) is 4.69. The zero-order valence-corrected chi connectivity index (χ0v) is 11.1. The molecule has 0 aliphatic rings. The molecule has 2 amide bonds. The Hall–Kier alpha value is -2.14. The smallest absolute Gasteiger partial charge is 0.251 e. The number of hydrogen-bond donors (Lipinski definition) is 2. The lowest BCUT2D eigenvalue weighted by molar-refractivity contribution is -0.120. The number of thiophene rings is 1. The van der Waals surface area contributed by atoms with Gasteiger partial charge in [0.05, 0.1) is 13.1 Å². The van der Waals surface area contributed by atoms with Gasteiger partial charge in [0, 0.05) is 10.4 Å². The molecule has 0 saturated carbocycles. The molecule has 4 nitrogen and oxygen atoms in total. The highest BCUT2D eigenvalue weighted by Gasteiger charge is 2.07. The fraction of sp³-hybridized carbons (Fsp3) is 0.143. The van der Waals surface area contributed by atoms with Crippen LogP contribution >= 0.6 is 11.3 Å². The quantitative estimate of drug-likeness (QED) is 0.873. The minimum Gasteiger partial charge on any atom is -0.350 e. The largest absolute Gasteiger partial charge is 0.350 e. The summed E-state index contributed by atoms with van der Waals surface area (Å²) in [5.74, 6) is -0.440. The van der Waals surface area contributed by atoms with Crippen molar-refractivity contribution in [1.82, 2.24) is 10.6 Å². The summed E-state index contributed by atoms with van der Waals surface area (Å²) >= 11 is 1.58. The first-order chi connectivity index (χ1) is 9.25. The molecule has 1 aromatic heterocycles. The molecule has 5 heteroatoms. The Bertz CT molecular complexity index is 538. The number of rotatable bonds is 5. The molecule has 0 fully saturated rings. The van der Waals surface area contributed by atoms with Gasteiger partial charge in [-0.2, -0.15) is 0 Å². The van der Waals surface area contributed by atoms with Gasteiger partial charge in [-0.15, -0.1) is 11.3 Å². The van der Waals surface area contributed by atoms with Gasteiger partial charge < -0.3 is 10.6 Å². The predicted molar refractivity (Wildman–Crippen MR) is 74.9 cm³/mol. The highest BCUT2D eigenvalue weighted by atomic mass is 32.1. The lowest BCUT2D eigenvalue weighted by Gasteiger charge is -2.06. The van der Waals surface area contributed by atoms with E-state index in [2.05, 4.69) is 10.6 Å². The number of amides is 2. The first-order valence-corrected chi connectivity index (χ1v) is 6.76. The molecular formula is C14H14N2O2S. The normalized spacial score (nSPS) is 9.89. The van der Waals surface area contributed by atoms with Crippen molar-refractivity contribution in [3.05, 3.63) is 58.3 Å². The molecule has 19 heavy (non-hydrogen) atoms. The van der Waals surface area contributed by atoms with E-state index in [0.717, 1.165) is 4.88 Å². The van der Waals surface area contributed by atoms with Gasteiger partial charge in [-0.1, -0.05) is 24.3 Å². The standard InChI is InChI=1S/C14H14N2O2S/c17-13(15-9-12-7-4-8-19-12)10-16-14(18)11-5-2-1-3-6-11/h1-8H,9-10H2,(H,15,17)(H,16,18). The van der Waals surface area contributed by atoms with Crippen molar-refractivity contribution in [2.75, 3.05) is 6.54 Å². The molecular weight excluding hydrogens is 260 g/mol. The minimum absolute atomic E-state index is 0.0148. The maximum absolute atomic E-state index is 11.7. The predicted octanol–water partition coefficient (Wildman–Crippen LogP) is 1.79. The van der Waals surface area contributed by atoms with Gasteiger partial charge in [-0.05, 0) is 23.6 Å². The second kappa shape index (κ2) is 6.70. The van der Waals surface area contributed by atoms with E-state index in [9.17, 15) is 9.59 Å². The van der Waals surface area contributed by atoms with E-state index in [0.29, 0.717) is 12.1 Å². The Morgan fingerprint density at radius 3 is 2.47 bits per heavy atom. The number of carbonyl (C=O) groups is 2.